The third-order valence-electron chi connectivity index (χ3n) is 6.20. The molecule has 0 unspecified atom stereocenters. The third kappa shape index (κ3) is 6.30. The number of hydrogen-bond donors (Lipinski definition) is 0. The summed E-state index contributed by atoms with van der Waals surface area (Å²) in [6.07, 6.45) is -3.20. The molecule has 5 rings (SSSR count). The molecule has 6 nitrogen and oxygen atoms in total. The summed E-state index contributed by atoms with van der Waals surface area (Å²) in [4.78, 5) is 18.0. The highest BCUT2D eigenvalue weighted by atomic mass is 79.9. The van der Waals surface area contributed by atoms with E-state index in [0.29, 0.717) is 37.1 Å². The molecule has 5 aromatic rings. The molecule has 42 heavy (non-hydrogen) atoms. The smallest absolute Gasteiger partial charge is 0.416 e. The number of aromatic nitrogens is 2. The standard InChI is InChI=1S/C30H19BrCl2F3N3O3/c1-41-26-12-19(23(31)14-27(26)42-16-18-9-10-21(32)13-24(18)33)15-37-39-28(17-5-4-6-20(11-17)30(34,35)36)38-25-8-3-2-7-22(25)29(39)40/h2-15H,16H2,1H3. The van der Waals surface area contributed by atoms with E-state index in [2.05, 4.69) is 26.0 Å². The van der Waals surface area contributed by atoms with Gasteiger partial charge in [-0.25, -0.2) is 4.98 Å². The molecule has 0 radical (unpaired) electrons. The van der Waals surface area contributed by atoms with E-state index < -0.39 is 17.3 Å². The van der Waals surface area contributed by atoms with Crippen LogP contribution in [0.5, 0.6) is 11.5 Å². The van der Waals surface area contributed by atoms with Crippen molar-refractivity contribution in [2.24, 2.45) is 5.10 Å². The molecule has 0 aliphatic heterocycles. The van der Waals surface area contributed by atoms with Crippen molar-refractivity contribution in [3.63, 3.8) is 0 Å². The molecule has 0 aliphatic rings. The molecule has 4 aromatic carbocycles. The van der Waals surface area contributed by atoms with Crippen LogP contribution in [-0.4, -0.2) is 23.0 Å². The number of methoxy groups -OCH3 is 1. The molecule has 0 saturated carbocycles. The summed E-state index contributed by atoms with van der Waals surface area (Å²) in [5.74, 6) is 0.720. The molecule has 0 saturated heterocycles. The van der Waals surface area contributed by atoms with Crippen molar-refractivity contribution < 1.29 is 22.6 Å². The van der Waals surface area contributed by atoms with Crippen LogP contribution >= 0.6 is 39.1 Å². The maximum atomic E-state index is 13.5. The number of fused-ring (bicyclic) bond motifs is 1. The van der Waals surface area contributed by atoms with Crippen molar-refractivity contribution in [1.82, 2.24) is 9.66 Å². The quantitative estimate of drug-likeness (QED) is 0.162. The first-order valence-corrected chi connectivity index (χ1v) is 13.8. The second-order valence-corrected chi connectivity index (χ2v) is 10.6. The zero-order valence-corrected chi connectivity index (χ0v) is 24.7. The minimum absolute atomic E-state index is 0.0519. The lowest BCUT2D eigenvalue weighted by Crippen LogP contribution is -2.20. The molecule has 214 valence electrons. The van der Waals surface area contributed by atoms with E-state index in [9.17, 15) is 18.0 Å². The van der Waals surface area contributed by atoms with Crippen molar-refractivity contribution in [3.05, 3.63) is 120 Å². The van der Waals surface area contributed by atoms with Crippen LogP contribution in [0.1, 0.15) is 16.7 Å². The molecule has 0 bridgehead atoms. The largest absolute Gasteiger partial charge is 0.493 e. The van der Waals surface area contributed by atoms with Gasteiger partial charge in [0.1, 0.15) is 6.61 Å². The number of nitrogens with zero attached hydrogens (tertiary/aromatic N) is 3. The lowest BCUT2D eigenvalue weighted by molar-refractivity contribution is -0.137. The number of benzene rings is 4. The molecule has 0 fully saturated rings. The predicted octanol–water partition coefficient (Wildman–Crippen LogP) is 8.62. The molecule has 1 heterocycles. The minimum Gasteiger partial charge on any atom is -0.493 e. The monoisotopic (exact) mass is 675 g/mol. The average molecular weight is 677 g/mol. The highest BCUT2D eigenvalue weighted by Gasteiger charge is 2.31. The molecular weight excluding hydrogens is 658 g/mol. The van der Waals surface area contributed by atoms with E-state index in [-0.39, 0.29) is 23.4 Å². The predicted molar refractivity (Wildman–Crippen MR) is 161 cm³/mol. The maximum absolute atomic E-state index is 13.5. The summed E-state index contributed by atoms with van der Waals surface area (Å²) in [7, 11) is 1.47. The van der Waals surface area contributed by atoms with Crippen molar-refractivity contribution >= 4 is 56.2 Å². The Kier molecular flexibility index (Phi) is 8.58. The SMILES string of the molecule is COc1cc(C=Nn2c(-c3cccc(C(F)(F)F)c3)nc3ccccc3c2=O)c(Br)cc1OCc1ccc(Cl)cc1Cl. The first-order chi connectivity index (χ1) is 20.0. The van der Waals surface area contributed by atoms with Crippen molar-refractivity contribution in [2.45, 2.75) is 12.8 Å². The van der Waals surface area contributed by atoms with Gasteiger partial charge in [-0.2, -0.15) is 22.9 Å². The third-order valence-corrected chi connectivity index (χ3v) is 7.47. The minimum atomic E-state index is -4.58. The second kappa shape index (κ2) is 12.2. The summed E-state index contributed by atoms with van der Waals surface area (Å²) >= 11 is 15.7. The normalized spacial score (nSPS) is 11.8. The Labute approximate surface area is 256 Å². The van der Waals surface area contributed by atoms with Gasteiger partial charge in [-0.1, -0.05) is 53.5 Å². The zero-order valence-electron chi connectivity index (χ0n) is 21.6. The van der Waals surface area contributed by atoms with Crippen molar-refractivity contribution in [2.75, 3.05) is 7.11 Å². The van der Waals surface area contributed by atoms with Gasteiger partial charge in [-0.3, -0.25) is 4.79 Å². The van der Waals surface area contributed by atoms with Gasteiger partial charge in [0.15, 0.2) is 17.3 Å². The molecule has 12 heteroatoms. The number of alkyl halides is 3. The highest BCUT2D eigenvalue weighted by molar-refractivity contribution is 9.10. The zero-order chi connectivity index (χ0) is 30.0. The Morgan fingerprint density at radius 1 is 1.00 bits per heavy atom. The van der Waals surface area contributed by atoms with Gasteiger partial charge in [0.05, 0.1) is 29.8 Å². The van der Waals surface area contributed by atoms with Crippen LogP contribution in [0, 0.1) is 0 Å². The highest BCUT2D eigenvalue weighted by Crippen LogP contribution is 2.35. The van der Waals surface area contributed by atoms with E-state index in [1.165, 1.54) is 25.5 Å². The number of hydrogen-bond acceptors (Lipinski definition) is 5. The van der Waals surface area contributed by atoms with Gasteiger partial charge in [-0.15, -0.1) is 0 Å². The number of halogens is 6. The molecule has 0 N–H and O–H groups in total. The topological polar surface area (TPSA) is 65.7 Å². The Hall–Kier alpha value is -3.86. The summed E-state index contributed by atoms with van der Waals surface area (Å²) in [5, 5.41) is 5.57. The summed E-state index contributed by atoms with van der Waals surface area (Å²) in [5.41, 5.74) is 0.194. The second-order valence-electron chi connectivity index (χ2n) is 8.94. The summed E-state index contributed by atoms with van der Waals surface area (Å²) in [6, 6.07) is 19.5. The molecular formula is C30H19BrCl2F3N3O3. The van der Waals surface area contributed by atoms with Crippen LogP contribution in [0.4, 0.5) is 13.2 Å². The van der Waals surface area contributed by atoms with Crippen LogP contribution in [0.2, 0.25) is 10.0 Å². The fraction of sp³-hybridized carbons (Fsp3) is 0.100. The van der Waals surface area contributed by atoms with Gasteiger partial charge < -0.3 is 9.47 Å². The first-order valence-electron chi connectivity index (χ1n) is 12.2. The first kappa shape index (κ1) is 29.6. The van der Waals surface area contributed by atoms with Crippen molar-refractivity contribution in [1.29, 1.82) is 0 Å². The fourth-order valence-electron chi connectivity index (χ4n) is 4.09. The Bertz CT molecular complexity index is 1890. The van der Waals surface area contributed by atoms with E-state index in [4.69, 9.17) is 32.7 Å². The Morgan fingerprint density at radius 3 is 2.52 bits per heavy atom. The van der Waals surface area contributed by atoms with Gasteiger partial charge in [-0.05, 0) is 64.5 Å². The fourth-order valence-corrected chi connectivity index (χ4v) is 4.98. The lowest BCUT2D eigenvalue weighted by Gasteiger charge is -2.14. The molecule has 0 spiro atoms. The van der Waals surface area contributed by atoms with Crippen LogP contribution < -0.4 is 15.0 Å². The average Bonchev–Trinajstić information content (AvgIpc) is 2.96. The summed E-state index contributed by atoms with van der Waals surface area (Å²) in [6.45, 7) is 0.144. The lowest BCUT2D eigenvalue weighted by atomic mass is 10.1. The molecule has 0 amide bonds. The van der Waals surface area contributed by atoms with Crippen LogP contribution in [0.15, 0.2) is 93.2 Å². The van der Waals surface area contributed by atoms with Gasteiger partial charge >= 0.3 is 6.18 Å². The molecule has 0 aliphatic carbocycles. The molecule has 1 aromatic heterocycles. The van der Waals surface area contributed by atoms with E-state index >= 15 is 0 Å². The van der Waals surface area contributed by atoms with Gasteiger partial charge in [0.2, 0.25) is 0 Å². The van der Waals surface area contributed by atoms with E-state index in [0.717, 1.165) is 22.4 Å². The van der Waals surface area contributed by atoms with Crippen LogP contribution in [-0.2, 0) is 12.8 Å². The number of ether oxygens (including phenoxy) is 2. The Balaban J connectivity index is 1.55. The van der Waals surface area contributed by atoms with Crippen molar-refractivity contribution in [3.8, 4) is 22.9 Å². The van der Waals surface area contributed by atoms with Gasteiger partial charge in [0, 0.05) is 31.2 Å². The van der Waals surface area contributed by atoms with Crippen LogP contribution in [0.3, 0.4) is 0 Å². The maximum Gasteiger partial charge on any atom is 0.416 e. The Morgan fingerprint density at radius 2 is 1.79 bits per heavy atom. The van der Waals surface area contributed by atoms with E-state index in [1.54, 1.807) is 54.6 Å². The molecule has 0 atom stereocenters. The summed E-state index contributed by atoms with van der Waals surface area (Å²) < 4.78 is 53.3. The van der Waals surface area contributed by atoms with Gasteiger partial charge in [0.25, 0.3) is 5.56 Å². The number of rotatable bonds is 7. The van der Waals surface area contributed by atoms with E-state index in [1.807, 2.05) is 0 Å². The number of para-hydroxylation sites is 1. The van der Waals surface area contributed by atoms with Crippen LogP contribution in [0.25, 0.3) is 22.3 Å².